The van der Waals surface area contributed by atoms with Gasteiger partial charge in [-0.15, -0.1) is 0 Å². The summed E-state index contributed by atoms with van der Waals surface area (Å²) in [5.74, 6) is 0.238. The fourth-order valence-corrected chi connectivity index (χ4v) is 1.64. The van der Waals surface area contributed by atoms with E-state index in [1.807, 2.05) is 24.4 Å². The summed E-state index contributed by atoms with van der Waals surface area (Å²) in [7, 11) is 0. The molecular weight excluding hydrogens is 202 g/mol. The number of phenolic OH excluding ortho intramolecular Hbond substituents is 1. The molecule has 0 aliphatic rings. The third kappa shape index (κ3) is 1.40. The zero-order valence-electron chi connectivity index (χ0n) is 8.41. The number of benzene rings is 1. The van der Waals surface area contributed by atoms with Crippen LogP contribution in [0.25, 0.3) is 16.9 Å². The molecule has 4 heteroatoms. The zero-order chi connectivity index (χ0) is 11.0. The van der Waals surface area contributed by atoms with E-state index in [9.17, 15) is 5.11 Å². The van der Waals surface area contributed by atoms with E-state index in [1.54, 1.807) is 28.9 Å². The van der Waals surface area contributed by atoms with E-state index in [2.05, 4.69) is 10.1 Å². The Bertz CT molecular complexity index is 612. The lowest BCUT2D eigenvalue weighted by Crippen LogP contribution is -1.87. The Morgan fingerprint density at radius 2 is 2.06 bits per heavy atom. The summed E-state index contributed by atoms with van der Waals surface area (Å²) in [6, 6.07) is 10.7. The largest absolute Gasteiger partial charge is 0.508 e. The molecule has 0 fully saturated rings. The van der Waals surface area contributed by atoms with E-state index >= 15 is 0 Å². The molecule has 78 valence electrons. The van der Waals surface area contributed by atoms with Crippen LogP contribution < -0.4 is 0 Å². The number of hydrogen-bond donors (Lipinski definition) is 1. The molecule has 3 aromatic rings. The predicted molar refractivity (Wildman–Crippen MR) is 60.1 cm³/mol. The summed E-state index contributed by atoms with van der Waals surface area (Å²) < 4.78 is 1.71. The molecule has 0 bridgehead atoms. The van der Waals surface area contributed by atoms with Gasteiger partial charge in [-0.05, 0) is 18.2 Å². The van der Waals surface area contributed by atoms with E-state index in [4.69, 9.17) is 0 Å². The smallest absolute Gasteiger partial charge is 0.155 e. The van der Waals surface area contributed by atoms with Gasteiger partial charge in [-0.3, -0.25) is 0 Å². The lowest BCUT2D eigenvalue weighted by molar-refractivity contribution is 0.475. The highest BCUT2D eigenvalue weighted by Gasteiger charge is 2.04. The number of fused-ring (bicyclic) bond motifs is 1. The van der Waals surface area contributed by atoms with Crippen LogP contribution in [-0.4, -0.2) is 19.7 Å². The van der Waals surface area contributed by atoms with Crippen LogP contribution in [0.15, 0.2) is 48.8 Å². The molecule has 0 amide bonds. The second-order valence-electron chi connectivity index (χ2n) is 3.50. The number of phenols is 1. The van der Waals surface area contributed by atoms with Crippen molar-refractivity contribution in [3.05, 3.63) is 48.8 Å². The van der Waals surface area contributed by atoms with Gasteiger partial charge in [0.05, 0.1) is 5.69 Å². The van der Waals surface area contributed by atoms with Gasteiger partial charge in [0, 0.05) is 24.0 Å². The summed E-state index contributed by atoms with van der Waals surface area (Å²) in [6.45, 7) is 0. The summed E-state index contributed by atoms with van der Waals surface area (Å²) in [6.07, 6.45) is 3.57. The van der Waals surface area contributed by atoms with Crippen molar-refractivity contribution >= 4 is 5.65 Å². The second kappa shape index (κ2) is 3.34. The average Bonchev–Trinajstić information content (AvgIpc) is 2.72. The monoisotopic (exact) mass is 211 g/mol. The number of hydrogen-bond acceptors (Lipinski definition) is 3. The molecule has 0 saturated carbocycles. The van der Waals surface area contributed by atoms with Crippen LogP contribution in [0, 0.1) is 0 Å². The van der Waals surface area contributed by atoms with Gasteiger partial charge >= 0.3 is 0 Å². The fourth-order valence-electron chi connectivity index (χ4n) is 1.64. The van der Waals surface area contributed by atoms with E-state index in [-0.39, 0.29) is 5.75 Å². The Balaban J connectivity index is 2.19. The quantitative estimate of drug-likeness (QED) is 0.670. The maximum atomic E-state index is 9.40. The Morgan fingerprint density at radius 1 is 1.12 bits per heavy atom. The van der Waals surface area contributed by atoms with Gasteiger partial charge in [0.1, 0.15) is 5.75 Å². The summed E-state index contributed by atoms with van der Waals surface area (Å²) >= 11 is 0. The van der Waals surface area contributed by atoms with Gasteiger partial charge in [-0.1, -0.05) is 12.1 Å². The van der Waals surface area contributed by atoms with Crippen molar-refractivity contribution in [1.82, 2.24) is 14.6 Å². The Morgan fingerprint density at radius 3 is 2.88 bits per heavy atom. The zero-order valence-corrected chi connectivity index (χ0v) is 8.41. The van der Waals surface area contributed by atoms with Crippen LogP contribution in [0.1, 0.15) is 0 Å². The van der Waals surface area contributed by atoms with Gasteiger partial charge in [-0.2, -0.15) is 5.10 Å². The van der Waals surface area contributed by atoms with Crippen LogP contribution in [0.4, 0.5) is 0 Å². The normalized spacial score (nSPS) is 10.8. The maximum Gasteiger partial charge on any atom is 0.155 e. The Hall–Kier alpha value is -2.36. The van der Waals surface area contributed by atoms with E-state index in [0.717, 1.165) is 16.9 Å². The maximum absolute atomic E-state index is 9.40. The number of rotatable bonds is 1. The van der Waals surface area contributed by atoms with Crippen molar-refractivity contribution in [1.29, 1.82) is 0 Å². The Kier molecular flexibility index (Phi) is 1.86. The van der Waals surface area contributed by atoms with Gasteiger partial charge < -0.3 is 5.11 Å². The van der Waals surface area contributed by atoms with Gasteiger partial charge in [0.25, 0.3) is 0 Å². The fraction of sp³-hybridized carbons (Fsp3) is 0. The lowest BCUT2D eigenvalue weighted by atomic mass is 10.1. The summed E-state index contributed by atoms with van der Waals surface area (Å²) in [5, 5.41) is 13.8. The number of nitrogens with zero attached hydrogens (tertiary/aromatic N) is 3. The SMILES string of the molecule is Oc1cccc(-c2cc3ncccn3n2)c1. The molecule has 3 rings (SSSR count). The minimum atomic E-state index is 0.238. The molecule has 1 N–H and O–H groups in total. The first kappa shape index (κ1) is 8.91. The van der Waals surface area contributed by atoms with Crippen molar-refractivity contribution in [3.63, 3.8) is 0 Å². The van der Waals surface area contributed by atoms with Crippen LogP contribution in [-0.2, 0) is 0 Å². The molecule has 0 aliphatic heterocycles. The van der Waals surface area contributed by atoms with Gasteiger partial charge in [-0.25, -0.2) is 9.50 Å². The van der Waals surface area contributed by atoms with E-state index in [1.165, 1.54) is 0 Å². The van der Waals surface area contributed by atoms with Gasteiger partial charge in [0.2, 0.25) is 0 Å². The minimum absolute atomic E-state index is 0.238. The van der Waals surface area contributed by atoms with Crippen molar-refractivity contribution in [2.24, 2.45) is 0 Å². The minimum Gasteiger partial charge on any atom is -0.508 e. The van der Waals surface area contributed by atoms with Crippen molar-refractivity contribution in [2.45, 2.75) is 0 Å². The molecule has 0 unspecified atom stereocenters. The first-order valence-electron chi connectivity index (χ1n) is 4.93. The molecule has 0 radical (unpaired) electrons. The topological polar surface area (TPSA) is 50.4 Å². The molecule has 4 nitrogen and oxygen atoms in total. The molecule has 16 heavy (non-hydrogen) atoms. The lowest BCUT2D eigenvalue weighted by Gasteiger charge is -1.96. The van der Waals surface area contributed by atoms with Crippen molar-refractivity contribution in [2.75, 3.05) is 0 Å². The standard InChI is InChI=1S/C12H9N3O/c16-10-4-1-3-9(7-10)11-8-12-13-5-2-6-15(12)14-11/h1-8,16H. The number of aromatic hydroxyl groups is 1. The van der Waals surface area contributed by atoms with Crippen molar-refractivity contribution < 1.29 is 5.11 Å². The number of aromatic nitrogens is 3. The molecule has 0 spiro atoms. The average molecular weight is 211 g/mol. The molecule has 2 heterocycles. The second-order valence-corrected chi connectivity index (χ2v) is 3.50. The first-order valence-corrected chi connectivity index (χ1v) is 4.93. The molecule has 0 saturated heterocycles. The Labute approximate surface area is 91.8 Å². The molecule has 0 aliphatic carbocycles. The molecule has 2 aromatic heterocycles. The molecule has 0 atom stereocenters. The van der Waals surface area contributed by atoms with E-state index in [0.29, 0.717) is 0 Å². The summed E-state index contributed by atoms with van der Waals surface area (Å²) in [5.41, 5.74) is 2.47. The molecular formula is C12H9N3O. The third-order valence-electron chi connectivity index (χ3n) is 2.38. The van der Waals surface area contributed by atoms with Crippen LogP contribution >= 0.6 is 0 Å². The van der Waals surface area contributed by atoms with Crippen LogP contribution in [0.3, 0.4) is 0 Å². The highest BCUT2D eigenvalue weighted by atomic mass is 16.3. The molecule has 1 aromatic carbocycles. The highest BCUT2D eigenvalue weighted by molar-refractivity contribution is 5.65. The summed E-state index contributed by atoms with van der Waals surface area (Å²) in [4.78, 5) is 4.19. The third-order valence-corrected chi connectivity index (χ3v) is 2.38. The van der Waals surface area contributed by atoms with E-state index < -0.39 is 0 Å². The van der Waals surface area contributed by atoms with Crippen LogP contribution in [0.5, 0.6) is 5.75 Å². The van der Waals surface area contributed by atoms with Crippen LogP contribution in [0.2, 0.25) is 0 Å². The first-order chi connectivity index (χ1) is 7.83. The van der Waals surface area contributed by atoms with Gasteiger partial charge in [0.15, 0.2) is 5.65 Å². The predicted octanol–water partition coefficient (Wildman–Crippen LogP) is 2.10. The van der Waals surface area contributed by atoms with Crippen molar-refractivity contribution in [3.8, 4) is 17.0 Å². The highest BCUT2D eigenvalue weighted by Crippen LogP contribution is 2.22.